The van der Waals surface area contributed by atoms with Crippen molar-refractivity contribution >= 4 is 21.9 Å². The van der Waals surface area contributed by atoms with Gasteiger partial charge < -0.3 is 9.84 Å². The molecule has 94 valence electrons. The molecule has 6 heteroatoms. The van der Waals surface area contributed by atoms with Gasteiger partial charge >= 0.3 is 5.97 Å². The van der Waals surface area contributed by atoms with E-state index >= 15 is 0 Å². The van der Waals surface area contributed by atoms with E-state index in [1.54, 1.807) is 18.2 Å². The second-order valence-corrected chi connectivity index (χ2v) is 4.26. The third-order valence-corrected chi connectivity index (χ3v) is 2.49. The molecule has 0 spiro atoms. The molecule has 0 bridgehead atoms. The zero-order valence-corrected chi connectivity index (χ0v) is 10.4. The second-order valence-electron chi connectivity index (χ2n) is 3.35. The number of hydrogen-bond donors (Lipinski definition) is 1. The van der Waals surface area contributed by atoms with Gasteiger partial charge in [-0.25, -0.2) is 8.78 Å². The number of carboxylic acids is 1. The van der Waals surface area contributed by atoms with Gasteiger partial charge in [-0.1, -0.05) is 15.9 Å². The number of halogens is 3. The Morgan fingerprint density at radius 2 is 2.18 bits per heavy atom. The van der Waals surface area contributed by atoms with Gasteiger partial charge in [0.2, 0.25) is 0 Å². The maximum Gasteiger partial charge on any atom is 0.303 e. The van der Waals surface area contributed by atoms with E-state index in [1.807, 2.05) is 0 Å². The number of alkyl halides is 2. The summed E-state index contributed by atoms with van der Waals surface area (Å²) in [6.45, 7) is -0.693. The van der Waals surface area contributed by atoms with Crippen LogP contribution in [0.5, 0.6) is 5.75 Å². The molecule has 0 saturated heterocycles. The van der Waals surface area contributed by atoms with Crippen molar-refractivity contribution in [2.75, 3.05) is 6.61 Å². The van der Waals surface area contributed by atoms with Gasteiger partial charge in [0.15, 0.2) is 0 Å². The van der Waals surface area contributed by atoms with Crippen LogP contribution < -0.4 is 4.74 Å². The van der Waals surface area contributed by atoms with E-state index in [0.29, 0.717) is 11.3 Å². The van der Waals surface area contributed by atoms with Gasteiger partial charge in [-0.05, 0) is 30.2 Å². The molecule has 1 aromatic rings. The third-order valence-electron chi connectivity index (χ3n) is 2.00. The molecule has 0 aliphatic heterocycles. The lowest BCUT2D eigenvalue weighted by atomic mass is 10.1. The quantitative estimate of drug-likeness (QED) is 0.878. The number of aryl methyl sites for hydroxylation is 1. The van der Waals surface area contributed by atoms with Crippen molar-refractivity contribution in [1.29, 1.82) is 0 Å². The Kier molecular flexibility index (Phi) is 5.34. The zero-order chi connectivity index (χ0) is 12.8. The summed E-state index contributed by atoms with van der Waals surface area (Å²) in [6, 6.07) is 4.87. The summed E-state index contributed by atoms with van der Waals surface area (Å²) in [5, 5.41) is 8.58. The van der Waals surface area contributed by atoms with Gasteiger partial charge in [0, 0.05) is 10.9 Å². The first-order chi connectivity index (χ1) is 7.99. The molecule has 0 unspecified atom stereocenters. The Bertz CT molecular complexity index is 396. The minimum atomic E-state index is -2.55. The number of carbonyl (C=O) groups is 1. The lowest BCUT2D eigenvalue weighted by Gasteiger charge is -2.11. The number of rotatable bonds is 6. The van der Waals surface area contributed by atoms with Crippen molar-refractivity contribution in [3.8, 4) is 5.75 Å². The van der Waals surface area contributed by atoms with E-state index in [-0.39, 0.29) is 12.8 Å². The molecule has 0 saturated carbocycles. The van der Waals surface area contributed by atoms with Gasteiger partial charge in [0.1, 0.15) is 12.4 Å². The van der Waals surface area contributed by atoms with E-state index < -0.39 is 19.0 Å². The highest BCUT2D eigenvalue weighted by Gasteiger charge is 2.09. The maximum atomic E-state index is 12.0. The van der Waals surface area contributed by atoms with Crippen LogP contribution in [-0.4, -0.2) is 24.1 Å². The molecule has 17 heavy (non-hydrogen) atoms. The van der Waals surface area contributed by atoms with Crippen LogP contribution in [0.25, 0.3) is 0 Å². The van der Waals surface area contributed by atoms with Crippen molar-refractivity contribution in [1.82, 2.24) is 0 Å². The SMILES string of the molecule is O=C(O)CCc1cc(Br)ccc1OCC(F)F. The fourth-order valence-corrected chi connectivity index (χ4v) is 1.69. The molecule has 0 aromatic heterocycles. The molecule has 0 aliphatic rings. The van der Waals surface area contributed by atoms with Crippen LogP contribution in [0.4, 0.5) is 8.78 Å². The smallest absolute Gasteiger partial charge is 0.303 e. The van der Waals surface area contributed by atoms with Crippen LogP contribution in [-0.2, 0) is 11.2 Å². The lowest BCUT2D eigenvalue weighted by molar-refractivity contribution is -0.136. The molecule has 0 fully saturated rings. The molecule has 0 radical (unpaired) electrons. The fraction of sp³-hybridized carbons (Fsp3) is 0.364. The van der Waals surface area contributed by atoms with E-state index in [0.717, 1.165) is 4.47 Å². The van der Waals surface area contributed by atoms with E-state index in [9.17, 15) is 13.6 Å². The van der Waals surface area contributed by atoms with Crippen LogP contribution in [0.2, 0.25) is 0 Å². The normalized spacial score (nSPS) is 10.6. The highest BCUT2D eigenvalue weighted by Crippen LogP contribution is 2.24. The van der Waals surface area contributed by atoms with E-state index in [2.05, 4.69) is 15.9 Å². The molecule has 1 aromatic carbocycles. The van der Waals surface area contributed by atoms with Crippen LogP contribution in [0.15, 0.2) is 22.7 Å². The van der Waals surface area contributed by atoms with Crippen molar-refractivity contribution in [2.45, 2.75) is 19.3 Å². The molecule has 3 nitrogen and oxygen atoms in total. The summed E-state index contributed by atoms with van der Waals surface area (Å²) >= 11 is 3.23. The average molecular weight is 309 g/mol. The fourth-order valence-electron chi connectivity index (χ4n) is 1.28. The first kappa shape index (κ1) is 13.9. The maximum absolute atomic E-state index is 12.0. The van der Waals surface area contributed by atoms with Crippen molar-refractivity contribution in [3.63, 3.8) is 0 Å². The van der Waals surface area contributed by atoms with Gasteiger partial charge in [0.05, 0.1) is 0 Å². The Balaban J connectivity index is 2.76. The van der Waals surface area contributed by atoms with Gasteiger partial charge in [-0.15, -0.1) is 0 Å². The highest BCUT2D eigenvalue weighted by atomic mass is 79.9. The molecule has 0 amide bonds. The van der Waals surface area contributed by atoms with Crippen LogP contribution in [0.3, 0.4) is 0 Å². The summed E-state index contributed by atoms with van der Waals surface area (Å²) in [4.78, 5) is 10.5. The van der Waals surface area contributed by atoms with Crippen molar-refractivity contribution < 1.29 is 23.4 Å². The lowest BCUT2D eigenvalue weighted by Crippen LogP contribution is -2.09. The Labute approximate surface area is 106 Å². The number of carboxylic acid groups (broad SMARTS) is 1. The van der Waals surface area contributed by atoms with Crippen LogP contribution in [0, 0.1) is 0 Å². The second kappa shape index (κ2) is 6.54. The molecule has 0 heterocycles. The van der Waals surface area contributed by atoms with Crippen molar-refractivity contribution in [3.05, 3.63) is 28.2 Å². The summed E-state index contributed by atoms with van der Waals surface area (Å²) in [6.07, 6.45) is -2.37. The number of ether oxygens (including phenoxy) is 1. The molecule has 1 rings (SSSR count). The summed E-state index contributed by atoms with van der Waals surface area (Å²) in [7, 11) is 0. The minimum Gasteiger partial charge on any atom is -0.487 e. The largest absolute Gasteiger partial charge is 0.487 e. The highest BCUT2D eigenvalue weighted by molar-refractivity contribution is 9.10. The monoisotopic (exact) mass is 308 g/mol. The predicted molar refractivity (Wildman–Crippen MR) is 61.6 cm³/mol. The van der Waals surface area contributed by atoms with Gasteiger partial charge in [-0.2, -0.15) is 0 Å². The van der Waals surface area contributed by atoms with Gasteiger partial charge in [0.25, 0.3) is 6.43 Å². The molecule has 1 N–H and O–H groups in total. The van der Waals surface area contributed by atoms with Crippen LogP contribution >= 0.6 is 15.9 Å². The van der Waals surface area contributed by atoms with Crippen molar-refractivity contribution in [2.24, 2.45) is 0 Å². The summed E-state index contributed by atoms with van der Waals surface area (Å²) in [5.74, 6) is -0.639. The molecule has 0 atom stereocenters. The Morgan fingerprint density at radius 1 is 1.47 bits per heavy atom. The minimum absolute atomic E-state index is 0.0680. The first-order valence-corrected chi connectivity index (χ1v) is 5.69. The molecular weight excluding hydrogens is 298 g/mol. The summed E-state index contributed by atoms with van der Waals surface area (Å²) < 4.78 is 29.7. The number of benzene rings is 1. The van der Waals surface area contributed by atoms with Crippen LogP contribution in [0.1, 0.15) is 12.0 Å². The Hall–Kier alpha value is -1.17. The Morgan fingerprint density at radius 3 is 2.76 bits per heavy atom. The summed E-state index contributed by atoms with van der Waals surface area (Å²) in [5.41, 5.74) is 0.599. The standard InChI is InChI=1S/C11H11BrF2O3/c12-8-2-3-9(17-6-10(13)14)7(5-8)1-4-11(15)16/h2-3,5,10H,1,4,6H2,(H,15,16). The molecular formula is C11H11BrF2O3. The topological polar surface area (TPSA) is 46.5 Å². The number of aliphatic carboxylic acids is 1. The number of hydrogen-bond acceptors (Lipinski definition) is 2. The predicted octanol–water partition coefficient (Wildman–Crippen LogP) is 3.11. The van der Waals surface area contributed by atoms with E-state index in [1.165, 1.54) is 0 Å². The van der Waals surface area contributed by atoms with Gasteiger partial charge in [-0.3, -0.25) is 4.79 Å². The molecule has 0 aliphatic carbocycles. The van der Waals surface area contributed by atoms with E-state index in [4.69, 9.17) is 9.84 Å². The first-order valence-electron chi connectivity index (χ1n) is 4.90. The average Bonchev–Trinajstić information content (AvgIpc) is 2.24. The third kappa shape index (κ3) is 5.12. The zero-order valence-electron chi connectivity index (χ0n) is 8.83.